The van der Waals surface area contributed by atoms with E-state index in [2.05, 4.69) is 13.2 Å². The van der Waals surface area contributed by atoms with Gasteiger partial charge in [-0.05, 0) is 6.92 Å². The summed E-state index contributed by atoms with van der Waals surface area (Å²) in [4.78, 5) is 8.89. The van der Waals surface area contributed by atoms with Crippen molar-refractivity contribution in [3.63, 3.8) is 0 Å². The van der Waals surface area contributed by atoms with Gasteiger partial charge in [0, 0.05) is 5.97 Å². The van der Waals surface area contributed by atoms with Gasteiger partial charge in [-0.2, -0.15) is 0 Å². The molecule has 0 spiro atoms. The van der Waals surface area contributed by atoms with E-state index in [0.717, 1.165) is 6.92 Å². The number of carbonyl (C=O) groups excluding carboxylic acids is 1. The summed E-state index contributed by atoms with van der Waals surface area (Å²) in [6, 6.07) is 0. The van der Waals surface area contributed by atoms with Crippen LogP contribution in [0.15, 0.2) is 25.3 Å². The fourth-order valence-corrected chi connectivity index (χ4v) is 0.235. The number of hydrogen-bond donors (Lipinski definition) is 0. The van der Waals surface area contributed by atoms with Crippen LogP contribution >= 0.6 is 0 Å². The van der Waals surface area contributed by atoms with E-state index in [1.807, 2.05) is 0 Å². The quantitative estimate of drug-likeness (QED) is 0.276. The number of carbonyl (C=O) groups is 1. The average molecular weight is 196 g/mol. The average Bonchev–Trinajstić information content (AvgIpc) is 1.88. The van der Waals surface area contributed by atoms with Gasteiger partial charge < -0.3 is 14.6 Å². The van der Waals surface area contributed by atoms with Gasteiger partial charge in [-0.25, -0.2) is 0 Å². The molecule has 0 radical (unpaired) electrons. The first-order valence-electron chi connectivity index (χ1n) is 3.12. The Morgan fingerprint density at radius 3 is 1.83 bits per heavy atom. The van der Waals surface area contributed by atoms with Crippen LogP contribution in [-0.4, -0.2) is 19.2 Å². The number of ether oxygens (including phenoxy) is 1. The number of carboxylic acid groups (broad SMARTS) is 1. The topological polar surface area (TPSA) is 49.4 Å². The summed E-state index contributed by atoms with van der Waals surface area (Å²) < 4.78 is 4.90. The third-order valence-corrected chi connectivity index (χ3v) is 0.471. The van der Waals surface area contributed by atoms with Gasteiger partial charge in [0.15, 0.2) is 0 Å². The maximum Gasteiger partial charge on any atom is 1.00 e. The van der Waals surface area contributed by atoms with Crippen molar-refractivity contribution in [3.05, 3.63) is 25.3 Å². The molecule has 0 N–H and O–H groups in total. The monoisotopic (exact) mass is 196 g/mol. The van der Waals surface area contributed by atoms with E-state index in [1.54, 1.807) is 12.2 Å². The van der Waals surface area contributed by atoms with Gasteiger partial charge >= 0.3 is 51.4 Å². The molecule has 0 bridgehead atoms. The molecule has 3 nitrogen and oxygen atoms in total. The molecule has 0 saturated carbocycles. The molecule has 0 aromatic heterocycles. The SMILES string of the molecule is C=CCOCC=C.CC(=O)[O-].[K+]. The van der Waals surface area contributed by atoms with Crippen molar-refractivity contribution in [2.45, 2.75) is 6.92 Å². The molecule has 0 aromatic rings. The van der Waals surface area contributed by atoms with Crippen molar-refractivity contribution in [1.82, 2.24) is 0 Å². The molecule has 0 rings (SSSR count). The smallest absolute Gasteiger partial charge is 0.550 e. The first-order valence-corrected chi connectivity index (χ1v) is 3.12. The van der Waals surface area contributed by atoms with E-state index in [0.29, 0.717) is 13.2 Å². The maximum atomic E-state index is 8.89. The molecule has 0 aliphatic heterocycles. The molecule has 0 amide bonds. The zero-order chi connectivity index (χ0) is 9.11. The van der Waals surface area contributed by atoms with E-state index < -0.39 is 5.97 Å². The summed E-state index contributed by atoms with van der Waals surface area (Å²) in [5.41, 5.74) is 0. The molecule has 64 valence electrons. The minimum Gasteiger partial charge on any atom is -0.550 e. The van der Waals surface area contributed by atoms with Crippen LogP contribution in [0.5, 0.6) is 0 Å². The van der Waals surface area contributed by atoms with Gasteiger partial charge in [-0.1, -0.05) is 12.2 Å². The van der Waals surface area contributed by atoms with Gasteiger partial charge in [-0.15, -0.1) is 13.2 Å². The Labute approximate surface area is 116 Å². The molecular weight excluding hydrogens is 183 g/mol. The molecule has 0 saturated heterocycles. The normalized spacial score (nSPS) is 6.75. The van der Waals surface area contributed by atoms with Gasteiger partial charge in [0.05, 0.1) is 13.2 Å². The zero-order valence-electron chi connectivity index (χ0n) is 7.71. The van der Waals surface area contributed by atoms with Crippen LogP contribution < -0.4 is 56.5 Å². The number of rotatable bonds is 4. The van der Waals surface area contributed by atoms with Crippen molar-refractivity contribution in [2.24, 2.45) is 0 Å². The van der Waals surface area contributed by atoms with E-state index in [4.69, 9.17) is 14.6 Å². The van der Waals surface area contributed by atoms with E-state index in [9.17, 15) is 0 Å². The molecule has 12 heavy (non-hydrogen) atoms. The predicted molar refractivity (Wildman–Crippen MR) is 41.9 cm³/mol. The molecular formula is C8H13KO3. The molecule has 0 atom stereocenters. The third kappa shape index (κ3) is 46.5. The summed E-state index contributed by atoms with van der Waals surface area (Å²) in [5.74, 6) is -1.08. The Kier molecular flexibility index (Phi) is 26.9. The van der Waals surface area contributed by atoms with Gasteiger partial charge in [0.25, 0.3) is 0 Å². The van der Waals surface area contributed by atoms with Crippen molar-refractivity contribution in [3.8, 4) is 0 Å². The number of aliphatic carboxylic acids is 1. The van der Waals surface area contributed by atoms with E-state index in [-0.39, 0.29) is 51.4 Å². The fourth-order valence-electron chi connectivity index (χ4n) is 0.235. The summed E-state index contributed by atoms with van der Waals surface area (Å²) in [7, 11) is 0. The van der Waals surface area contributed by atoms with Crippen molar-refractivity contribution in [1.29, 1.82) is 0 Å². The predicted octanol–water partition coefficient (Wildman–Crippen LogP) is -2.86. The summed E-state index contributed by atoms with van der Waals surface area (Å²) in [6.07, 6.45) is 3.42. The molecule has 0 aromatic carbocycles. The summed E-state index contributed by atoms with van der Waals surface area (Å²) in [5, 5.41) is 8.89. The van der Waals surface area contributed by atoms with Crippen LogP contribution in [0.25, 0.3) is 0 Å². The van der Waals surface area contributed by atoms with Crippen LogP contribution in [0.4, 0.5) is 0 Å². The van der Waals surface area contributed by atoms with Gasteiger partial charge in [0.2, 0.25) is 0 Å². The molecule has 0 heterocycles. The molecule has 4 heteroatoms. The molecule has 0 aliphatic carbocycles. The Bertz CT molecular complexity index is 111. The van der Waals surface area contributed by atoms with Crippen LogP contribution in [0, 0.1) is 0 Å². The minimum atomic E-state index is -1.08. The zero-order valence-corrected chi connectivity index (χ0v) is 10.8. The van der Waals surface area contributed by atoms with Crippen molar-refractivity contribution in [2.75, 3.05) is 13.2 Å². The minimum absolute atomic E-state index is 0. The number of hydrogen-bond acceptors (Lipinski definition) is 3. The van der Waals surface area contributed by atoms with Gasteiger partial charge in [0.1, 0.15) is 0 Å². The fraction of sp³-hybridized carbons (Fsp3) is 0.375. The first kappa shape index (κ1) is 18.4. The largest absolute Gasteiger partial charge is 1.00 e. The van der Waals surface area contributed by atoms with Crippen LogP contribution in [0.3, 0.4) is 0 Å². The maximum absolute atomic E-state index is 8.89. The Hall–Kier alpha value is 0.546. The molecule has 0 fully saturated rings. The molecule has 0 unspecified atom stereocenters. The van der Waals surface area contributed by atoms with E-state index in [1.165, 1.54) is 0 Å². The first-order chi connectivity index (χ1) is 5.15. The van der Waals surface area contributed by atoms with E-state index >= 15 is 0 Å². The third-order valence-electron chi connectivity index (χ3n) is 0.471. The Morgan fingerprint density at radius 2 is 1.67 bits per heavy atom. The number of carboxylic acids is 1. The Morgan fingerprint density at radius 1 is 1.42 bits per heavy atom. The van der Waals surface area contributed by atoms with Crippen molar-refractivity contribution >= 4 is 5.97 Å². The van der Waals surface area contributed by atoms with Crippen LogP contribution in [0.1, 0.15) is 6.92 Å². The molecule has 0 aliphatic rings. The van der Waals surface area contributed by atoms with Crippen LogP contribution in [0.2, 0.25) is 0 Å². The second-order valence-corrected chi connectivity index (χ2v) is 1.61. The second kappa shape index (κ2) is 17.6. The van der Waals surface area contributed by atoms with Gasteiger partial charge in [-0.3, -0.25) is 0 Å². The van der Waals surface area contributed by atoms with Crippen LogP contribution in [-0.2, 0) is 9.53 Å². The summed E-state index contributed by atoms with van der Waals surface area (Å²) >= 11 is 0. The van der Waals surface area contributed by atoms with Crippen molar-refractivity contribution < 1.29 is 66.0 Å². The summed E-state index contributed by atoms with van der Waals surface area (Å²) in [6.45, 7) is 9.15. The second-order valence-electron chi connectivity index (χ2n) is 1.61. The standard InChI is InChI=1S/C6H10O.C2H4O2.K/c1-3-5-7-6-4-2;1-2(3)4;/h3-4H,1-2,5-6H2;1H3,(H,3,4);/q;;+1/p-1. The Balaban J connectivity index is -0.000000142.